The number of nitrogens with two attached hydrogens (primary N) is 1. The Labute approximate surface area is 134 Å². The molecular formula is C17H20N6. The fourth-order valence-electron chi connectivity index (χ4n) is 3.13. The van der Waals surface area contributed by atoms with E-state index in [-0.39, 0.29) is 0 Å². The first-order valence-electron chi connectivity index (χ1n) is 7.95. The lowest BCUT2D eigenvalue weighted by Crippen LogP contribution is -2.26. The van der Waals surface area contributed by atoms with Crippen LogP contribution in [-0.2, 0) is 6.54 Å². The minimum absolute atomic E-state index is 0.298. The number of aromatic amines is 1. The number of aromatic nitrogens is 4. The third-order valence-electron chi connectivity index (χ3n) is 4.45. The molecule has 0 spiro atoms. The van der Waals surface area contributed by atoms with Crippen LogP contribution >= 0.6 is 0 Å². The van der Waals surface area contributed by atoms with Gasteiger partial charge in [-0.1, -0.05) is 6.07 Å². The number of aryl methyl sites for hydroxylation is 1. The highest BCUT2D eigenvalue weighted by Crippen LogP contribution is 2.23. The van der Waals surface area contributed by atoms with Crippen LogP contribution in [0.25, 0.3) is 22.2 Å². The van der Waals surface area contributed by atoms with Crippen LogP contribution in [0, 0.1) is 6.92 Å². The number of hydrogen-bond acceptors (Lipinski definition) is 5. The molecule has 0 radical (unpaired) electrons. The molecule has 3 heterocycles. The van der Waals surface area contributed by atoms with E-state index in [0.29, 0.717) is 6.04 Å². The van der Waals surface area contributed by atoms with E-state index in [0.717, 1.165) is 59.6 Å². The first-order valence-corrected chi connectivity index (χ1v) is 7.95. The van der Waals surface area contributed by atoms with Gasteiger partial charge in [0.15, 0.2) is 0 Å². The molecule has 6 heteroatoms. The van der Waals surface area contributed by atoms with Gasteiger partial charge in [-0.3, -0.25) is 10.00 Å². The summed E-state index contributed by atoms with van der Waals surface area (Å²) in [5.41, 5.74) is 10.9. The van der Waals surface area contributed by atoms with E-state index in [1.807, 2.05) is 25.1 Å². The molecular weight excluding hydrogens is 288 g/mol. The highest BCUT2D eigenvalue weighted by molar-refractivity contribution is 5.85. The number of fused-ring (bicyclic) bond motifs is 1. The number of hydrogen-bond donors (Lipinski definition) is 2. The quantitative estimate of drug-likeness (QED) is 0.771. The summed E-state index contributed by atoms with van der Waals surface area (Å²) < 4.78 is 0. The summed E-state index contributed by atoms with van der Waals surface area (Å²) in [7, 11) is 0. The topological polar surface area (TPSA) is 83.7 Å². The molecule has 6 nitrogen and oxygen atoms in total. The number of likely N-dealkylation sites (tertiary alicyclic amines) is 1. The molecule has 1 aromatic carbocycles. The second-order valence-corrected chi connectivity index (χ2v) is 6.27. The van der Waals surface area contributed by atoms with Crippen LogP contribution in [0.1, 0.15) is 17.8 Å². The summed E-state index contributed by atoms with van der Waals surface area (Å²) in [5.74, 6) is 0. The van der Waals surface area contributed by atoms with Gasteiger partial charge in [-0.2, -0.15) is 15.3 Å². The van der Waals surface area contributed by atoms with Gasteiger partial charge in [0.05, 0.1) is 16.9 Å². The average molecular weight is 308 g/mol. The molecule has 3 aromatic rings. The van der Waals surface area contributed by atoms with Crippen molar-refractivity contribution in [1.82, 2.24) is 25.3 Å². The van der Waals surface area contributed by atoms with E-state index in [2.05, 4.69) is 37.4 Å². The van der Waals surface area contributed by atoms with E-state index in [1.165, 1.54) is 0 Å². The molecule has 1 saturated heterocycles. The van der Waals surface area contributed by atoms with Crippen LogP contribution < -0.4 is 5.73 Å². The highest BCUT2D eigenvalue weighted by atomic mass is 15.2. The fourth-order valence-corrected chi connectivity index (χ4v) is 3.13. The lowest BCUT2D eigenvalue weighted by Gasteiger charge is -2.14. The van der Waals surface area contributed by atoms with Gasteiger partial charge in [0.1, 0.15) is 0 Å². The smallest absolute Gasteiger partial charge is 0.0930 e. The predicted octanol–water partition coefficient (Wildman–Crippen LogP) is 1.86. The summed E-state index contributed by atoms with van der Waals surface area (Å²) in [6, 6.07) is 10.5. The van der Waals surface area contributed by atoms with Crippen molar-refractivity contribution in [3.8, 4) is 11.3 Å². The van der Waals surface area contributed by atoms with Crippen molar-refractivity contribution < 1.29 is 0 Å². The summed E-state index contributed by atoms with van der Waals surface area (Å²) >= 11 is 0. The van der Waals surface area contributed by atoms with Crippen molar-refractivity contribution in [2.24, 2.45) is 5.73 Å². The molecule has 2 aromatic heterocycles. The number of nitrogens with zero attached hydrogens (tertiary/aromatic N) is 4. The van der Waals surface area contributed by atoms with Gasteiger partial charge >= 0.3 is 0 Å². The van der Waals surface area contributed by atoms with Gasteiger partial charge in [-0.05, 0) is 37.6 Å². The summed E-state index contributed by atoms with van der Waals surface area (Å²) in [6.45, 7) is 4.83. The Morgan fingerprint density at radius 2 is 2.17 bits per heavy atom. The lowest BCUT2D eigenvalue weighted by molar-refractivity contribution is 0.321. The molecule has 1 fully saturated rings. The number of H-pyrrole nitrogens is 1. The molecule has 118 valence electrons. The van der Waals surface area contributed by atoms with Crippen molar-refractivity contribution >= 4 is 10.9 Å². The summed E-state index contributed by atoms with van der Waals surface area (Å²) in [6.07, 6.45) is 1.07. The molecule has 4 rings (SSSR count). The van der Waals surface area contributed by atoms with Gasteiger partial charge < -0.3 is 5.73 Å². The van der Waals surface area contributed by atoms with Crippen LogP contribution in [0.2, 0.25) is 0 Å². The van der Waals surface area contributed by atoms with Crippen molar-refractivity contribution in [3.63, 3.8) is 0 Å². The second-order valence-electron chi connectivity index (χ2n) is 6.27. The molecule has 23 heavy (non-hydrogen) atoms. The summed E-state index contributed by atoms with van der Waals surface area (Å²) in [5, 5.41) is 17.2. The lowest BCUT2D eigenvalue weighted by atomic mass is 10.1. The number of rotatable bonds is 3. The third-order valence-corrected chi connectivity index (χ3v) is 4.45. The van der Waals surface area contributed by atoms with Gasteiger partial charge in [-0.25, -0.2) is 0 Å². The van der Waals surface area contributed by atoms with Gasteiger partial charge in [-0.15, -0.1) is 0 Å². The minimum atomic E-state index is 0.298. The monoisotopic (exact) mass is 308 g/mol. The molecule has 1 aliphatic heterocycles. The van der Waals surface area contributed by atoms with E-state index < -0.39 is 0 Å². The SMILES string of the molecule is Cc1[nH]nc2ccc(-c3ccc(CN4CCC(N)C4)nn3)cc12. The maximum atomic E-state index is 5.94. The zero-order valence-electron chi connectivity index (χ0n) is 13.2. The molecule has 1 atom stereocenters. The summed E-state index contributed by atoms with van der Waals surface area (Å²) in [4.78, 5) is 2.33. The Balaban J connectivity index is 1.55. The highest BCUT2D eigenvalue weighted by Gasteiger charge is 2.19. The van der Waals surface area contributed by atoms with Crippen LogP contribution in [0.15, 0.2) is 30.3 Å². The van der Waals surface area contributed by atoms with Gasteiger partial charge in [0.25, 0.3) is 0 Å². The van der Waals surface area contributed by atoms with Crippen LogP contribution in [-0.4, -0.2) is 44.4 Å². The Bertz CT molecular complexity index is 823. The first kappa shape index (κ1) is 14.3. The molecule has 0 amide bonds. The molecule has 0 bridgehead atoms. The van der Waals surface area contributed by atoms with Gasteiger partial charge in [0, 0.05) is 42.3 Å². The van der Waals surface area contributed by atoms with Gasteiger partial charge in [0.2, 0.25) is 0 Å². The normalized spacial score (nSPS) is 18.8. The van der Waals surface area contributed by atoms with E-state index in [1.54, 1.807) is 0 Å². The van der Waals surface area contributed by atoms with Crippen LogP contribution in [0.4, 0.5) is 0 Å². The first-order chi connectivity index (χ1) is 11.2. The Kier molecular flexibility index (Phi) is 3.55. The zero-order valence-corrected chi connectivity index (χ0v) is 13.2. The maximum absolute atomic E-state index is 5.94. The maximum Gasteiger partial charge on any atom is 0.0930 e. The van der Waals surface area contributed by atoms with Crippen LogP contribution in [0.3, 0.4) is 0 Å². The fraction of sp³-hybridized carbons (Fsp3) is 0.353. The molecule has 0 saturated carbocycles. The van der Waals surface area contributed by atoms with Crippen molar-refractivity contribution in [3.05, 3.63) is 41.7 Å². The van der Waals surface area contributed by atoms with Crippen LogP contribution in [0.5, 0.6) is 0 Å². The molecule has 1 aliphatic rings. The molecule has 0 aliphatic carbocycles. The number of nitrogens with one attached hydrogen (secondary N) is 1. The Hall–Kier alpha value is -2.31. The van der Waals surface area contributed by atoms with E-state index >= 15 is 0 Å². The Morgan fingerprint density at radius 3 is 2.91 bits per heavy atom. The third kappa shape index (κ3) is 2.83. The van der Waals surface area contributed by atoms with E-state index in [4.69, 9.17) is 5.73 Å². The minimum Gasteiger partial charge on any atom is -0.326 e. The molecule has 3 N–H and O–H groups in total. The second kappa shape index (κ2) is 5.72. The zero-order chi connectivity index (χ0) is 15.8. The average Bonchev–Trinajstić information content (AvgIpc) is 3.14. The van der Waals surface area contributed by atoms with Crippen molar-refractivity contribution in [2.75, 3.05) is 13.1 Å². The van der Waals surface area contributed by atoms with Crippen molar-refractivity contribution in [1.29, 1.82) is 0 Å². The van der Waals surface area contributed by atoms with Crippen molar-refractivity contribution in [2.45, 2.75) is 25.9 Å². The standard InChI is InChI=1S/C17H20N6/c1-11-15-8-12(2-4-17(15)22-19-11)16-5-3-14(20-21-16)10-23-7-6-13(18)9-23/h2-5,8,13H,6-7,9-10,18H2,1H3,(H,19,22). The van der Waals surface area contributed by atoms with E-state index in [9.17, 15) is 0 Å². The number of benzene rings is 1. The molecule has 1 unspecified atom stereocenters. The largest absolute Gasteiger partial charge is 0.326 e. The Morgan fingerprint density at radius 1 is 1.26 bits per heavy atom. The predicted molar refractivity (Wildman–Crippen MR) is 89.7 cm³/mol.